The second kappa shape index (κ2) is 9.55. The van der Waals surface area contributed by atoms with Gasteiger partial charge in [-0.2, -0.15) is 5.10 Å². The van der Waals surface area contributed by atoms with Crippen molar-refractivity contribution in [2.24, 2.45) is 0 Å². The molecule has 5 rings (SSSR count). The number of carbonyl (C=O) groups excluding carboxylic acids is 2. The number of H-pyrrole nitrogens is 1. The minimum atomic E-state index is -0.553. The van der Waals surface area contributed by atoms with Crippen molar-refractivity contribution in [1.29, 1.82) is 0 Å². The van der Waals surface area contributed by atoms with Crippen LogP contribution < -0.4 is 10.9 Å². The Hall–Kier alpha value is -3.85. The lowest BCUT2D eigenvalue weighted by atomic mass is 9.93. The third-order valence-electron chi connectivity index (χ3n) is 6.38. The van der Waals surface area contributed by atoms with Crippen molar-refractivity contribution in [3.8, 4) is 0 Å². The molecule has 1 saturated heterocycles. The number of anilines is 1. The third-order valence-corrected chi connectivity index (χ3v) is 6.64. The number of ether oxygens (including phenoxy) is 1. The number of aromatic amines is 1. The van der Waals surface area contributed by atoms with Crippen LogP contribution >= 0.6 is 11.6 Å². The molecule has 0 spiro atoms. The lowest BCUT2D eigenvalue weighted by molar-refractivity contribution is 0.0203. The minimum Gasteiger partial charge on any atom is -0.444 e. The van der Waals surface area contributed by atoms with Gasteiger partial charge < -0.3 is 19.9 Å². The molecule has 2 aromatic heterocycles. The Kier molecular flexibility index (Phi) is 6.41. The standard InChI is InChI=1S/C27H28ClN5O4/c1-27(2,3)37-26(36)32-13-11-16(12-14-32)21-15-22(34)30-24-23-19(5-4-6-20(23)31-33(21)24)29-25(35)17-7-9-18(28)10-8-17/h4-10,15-16H,11-14H2,1-3H3,(H,29,35)(H,30,34). The molecule has 10 heteroatoms. The molecule has 37 heavy (non-hydrogen) atoms. The lowest BCUT2D eigenvalue weighted by Gasteiger charge is -2.33. The third kappa shape index (κ3) is 5.17. The maximum Gasteiger partial charge on any atom is 0.410 e. The number of amides is 2. The summed E-state index contributed by atoms with van der Waals surface area (Å²) in [7, 11) is 0. The zero-order valence-corrected chi connectivity index (χ0v) is 21.6. The van der Waals surface area contributed by atoms with Crippen LogP contribution in [0.1, 0.15) is 55.6 Å². The summed E-state index contributed by atoms with van der Waals surface area (Å²) in [6, 6.07) is 13.6. The number of rotatable bonds is 3. The van der Waals surface area contributed by atoms with Crippen LogP contribution in [-0.2, 0) is 4.74 Å². The van der Waals surface area contributed by atoms with Gasteiger partial charge in [0.15, 0.2) is 0 Å². The first-order valence-corrected chi connectivity index (χ1v) is 12.6. The summed E-state index contributed by atoms with van der Waals surface area (Å²) < 4.78 is 7.25. The van der Waals surface area contributed by atoms with Gasteiger partial charge in [-0.1, -0.05) is 17.7 Å². The summed E-state index contributed by atoms with van der Waals surface area (Å²) in [6.45, 7) is 6.59. The number of aromatic nitrogens is 3. The van der Waals surface area contributed by atoms with Crippen LogP contribution in [-0.4, -0.2) is 50.2 Å². The second-order valence-electron chi connectivity index (χ2n) is 10.2. The van der Waals surface area contributed by atoms with E-state index in [4.69, 9.17) is 21.4 Å². The molecule has 4 aromatic rings. The lowest BCUT2D eigenvalue weighted by Crippen LogP contribution is -2.41. The highest BCUT2D eigenvalue weighted by molar-refractivity contribution is 6.30. The average molecular weight is 522 g/mol. The highest BCUT2D eigenvalue weighted by Gasteiger charge is 2.29. The van der Waals surface area contributed by atoms with Gasteiger partial charge in [0.05, 0.1) is 22.3 Å². The van der Waals surface area contributed by atoms with Gasteiger partial charge in [-0.3, -0.25) is 9.59 Å². The zero-order chi connectivity index (χ0) is 26.3. The first-order valence-electron chi connectivity index (χ1n) is 12.2. The van der Waals surface area contributed by atoms with Gasteiger partial charge in [-0.15, -0.1) is 0 Å². The number of halogens is 1. The largest absolute Gasteiger partial charge is 0.444 e. The first-order chi connectivity index (χ1) is 17.6. The molecular weight excluding hydrogens is 494 g/mol. The Morgan fingerprint density at radius 2 is 1.81 bits per heavy atom. The van der Waals surface area contributed by atoms with Crippen LogP contribution in [0.25, 0.3) is 16.6 Å². The molecule has 3 heterocycles. The summed E-state index contributed by atoms with van der Waals surface area (Å²) in [4.78, 5) is 42.7. The maximum atomic E-state index is 12.9. The van der Waals surface area contributed by atoms with Crippen LogP contribution in [0.4, 0.5) is 10.5 Å². The summed E-state index contributed by atoms with van der Waals surface area (Å²) in [5.41, 5.74) is 2.13. The Balaban J connectivity index is 1.46. The number of carbonyl (C=O) groups is 2. The van der Waals surface area contributed by atoms with E-state index in [1.165, 1.54) is 0 Å². The van der Waals surface area contributed by atoms with Gasteiger partial charge in [0.2, 0.25) is 0 Å². The molecule has 192 valence electrons. The highest BCUT2D eigenvalue weighted by Crippen LogP contribution is 2.32. The molecule has 0 aliphatic carbocycles. The van der Waals surface area contributed by atoms with Crippen molar-refractivity contribution in [3.63, 3.8) is 0 Å². The van der Waals surface area contributed by atoms with E-state index in [1.807, 2.05) is 32.9 Å². The van der Waals surface area contributed by atoms with E-state index in [0.717, 1.165) is 5.69 Å². The normalized spacial score (nSPS) is 14.8. The van der Waals surface area contributed by atoms with Crippen molar-refractivity contribution in [1.82, 2.24) is 19.5 Å². The number of benzene rings is 2. The number of fused-ring (bicyclic) bond motifs is 3. The molecule has 0 radical (unpaired) electrons. The molecule has 2 N–H and O–H groups in total. The minimum absolute atomic E-state index is 0.0323. The van der Waals surface area contributed by atoms with E-state index in [0.29, 0.717) is 58.8 Å². The predicted octanol–water partition coefficient (Wildman–Crippen LogP) is 5.20. The smallest absolute Gasteiger partial charge is 0.410 e. The molecule has 1 aliphatic heterocycles. The molecule has 2 amide bonds. The summed E-state index contributed by atoms with van der Waals surface area (Å²) in [6.07, 6.45) is 1.02. The van der Waals surface area contributed by atoms with Crippen molar-refractivity contribution >= 4 is 45.8 Å². The van der Waals surface area contributed by atoms with Gasteiger partial charge in [0.1, 0.15) is 11.2 Å². The molecule has 1 aliphatic rings. The molecule has 9 nitrogen and oxygen atoms in total. The van der Waals surface area contributed by atoms with E-state index in [1.54, 1.807) is 45.8 Å². The van der Waals surface area contributed by atoms with Gasteiger partial charge in [0, 0.05) is 35.7 Å². The van der Waals surface area contributed by atoms with Crippen molar-refractivity contribution in [3.05, 3.63) is 75.2 Å². The van der Waals surface area contributed by atoms with Gasteiger partial charge >= 0.3 is 6.09 Å². The quantitative estimate of drug-likeness (QED) is 0.385. The van der Waals surface area contributed by atoms with Crippen LogP contribution in [0.2, 0.25) is 5.02 Å². The van der Waals surface area contributed by atoms with E-state index < -0.39 is 5.60 Å². The second-order valence-corrected chi connectivity index (χ2v) is 10.7. The number of likely N-dealkylation sites (tertiary alicyclic amines) is 1. The molecule has 1 fully saturated rings. The maximum absolute atomic E-state index is 12.9. The van der Waals surface area contributed by atoms with E-state index in [9.17, 15) is 14.4 Å². The number of nitrogens with one attached hydrogen (secondary N) is 2. The molecule has 2 aromatic carbocycles. The molecule has 0 bridgehead atoms. The predicted molar refractivity (Wildman–Crippen MR) is 143 cm³/mol. The fraction of sp³-hybridized carbons (Fsp3) is 0.333. The zero-order valence-electron chi connectivity index (χ0n) is 20.9. The van der Waals surface area contributed by atoms with Crippen molar-refractivity contribution in [2.45, 2.75) is 45.1 Å². The monoisotopic (exact) mass is 521 g/mol. The first kappa shape index (κ1) is 24.8. The van der Waals surface area contributed by atoms with Crippen molar-refractivity contribution < 1.29 is 14.3 Å². The van der Waals surface area contributed by atoms with Gasteiger partial charge in [0.25, 0.3) is 11.5 Å². The Labute approximate surface area is 218 Å². The van der Waals surface area contributed by atoms with Gasteiger partial charge in [-0.05, 0) is 70.0 Å². The fourth-order valence-electron chi connectivity index (χ4n) is 4.66. The van der Waals surface area contributed by atoms with E-state index >= 15 is 0 Å². The average Bonchev–Trinajstić information content (AvgIpc) is 3.22. The Morgan fingerprint density at radius 3 is 2.49 bits per heavy atom. The highest BCUT2D eigenvalue weighted by atomic mass is 35.5. The van der Waals surface area contributed by atoms with Crippen LogP contribution in [0, 0.1) is 0 Å². The van der Waals surface area contributed by atoms with Gasteiger partial charge in [-0.25, -0.2) is 9.31 Å². The Bertz CT molecular complexity index is 1540. The fourth-order valence-corrected chi connectivity index (χ4v) is 4.79. The van der Waals surface area contributed by atoms with Crippen LogP contribution in [0.15, 0.2) is 53.3 Å². The molecular formula is C27H28ClN5O4. The summed E-state index contributed by atoms with van der Waals surface area (Å²) in [5, 5.41) is 8.89. The topological polar surface area (TPSA) is 109 Å². The number of hydrogen-bond acceptors (Lipinski definition) is 5. The number of hydrogen-bond donors (Lipinski definition) is 2. The van der Waals surface area contributed by atoms with Crippen molar-refractivity contribution in [2.75, 3.05) is 18.4 Å². The number of piperidine rings is 1. The Morgan fingerprint density at radius 1 is 1.11 bits per heavy atom. The summed E-state index contributed by atoms with van der Waals surface area (Å²) in [5.74, 6) is -0.263. The summed E-state index contributed by atoms with van der Waals surface area (Å²) >= 11 is 5.95. The SMILES string of the molecule is CC(C)(C)OC(=O)N1CCC(c2cc(=O)[nH]c3c4c(NC(=O)c5ccc(Cl)cc5)cccc4nn23)CC1. The van der Waals surface area contributed by atoms with Crippen LogP contribution in [0.3, 0.4) is 0 Å². The molecule has 0 saturated carbocycles. The molecule has 0 atom stereocenters. The van der Waals surface area contributed by atoms with E-state index in [2.05, 4.69) is 10.3 Å². The molecule has 0 unspecified atom stereocenters. The van der Waals surface area contributed by atoms with Crippen LogP contribution in [0.5, 0.6) is 0 Å². The number of nitrogens with zero attached hydrogens (tertiary/aromatic N) is 3. The van der Waals surface area contributed by atoms with E-state index in [-0.39, 0.29) is 23.5 Å².